The van der Waals surface area contributed by atoms with E-state index in [-0.39, 0.29) is 34.4 Å². The van der Waals surface area contributed by atoms with E-state index < -0.39 is 17.2 Å². The Labute approximate surface area is 225 Å². The van der Waals surface area contributed by atoms with Crippen LogP contribution < -0.4 is 5.32 Å². The van der Waals surface area contributed by atoms with Gasteiger partial charge in [-0.2, -0.15) is 5.10 Å². The zero-order chi connectivity index (χ0) is 27.1. The number of rotatable bonds is 8. The SMILES string of the molecule is Cc1cc(Nc2ccc(F)c(CC3(C(=O)O)CCN(CC4(c5cccc(Cl)c5F)CCC4)[C@H](C)C3)n2)n[nH]1. The van der Waals surface area contributed by atoms with Gasteiger partial charge in [0.2, 0.25) is 0 Å². The van der Waals surface area contributed by atoms with Crippen molar-refractivity contribution in [2.45, 2.75) is 63.8 Å². The molecule has 0 radical (unpaired) electrons. The third-order valence-electron chi connectivity index (χ3n) is 8.37. The number of anilines is 2. The number of aromatic nitrogens is 3. The van der Waals surface area contributed by atoms with Crippen molar-refractivity contribution in [3.05, 3.63) is 70.0 Å². The van der Waals surface area contributed by atoms with E-state index in [1.807, 2.05) is 19.9 Å². The fourth-order valence-electron chi connectivity index (χ4n) is 6.07. The van der Waals surface area contributed by atoms with Crippen molar-refractivity contribution in [3.8, 4) is 0 Å². The number of piperidine rings is 1. The molecule has 2 aromatic heterocycles. The summed E-state index contributed by atoms with van der Waals surface area (Å²) >= 11 is 6.09. The minimum absolute atomic E-state index is 0.0183. The molecule has 1 saturated heterocycles. The third-order valence-corrected chi connectivity index (χ3v) is 8.66. The number of carboxylic acids is 1. The molecule has 1 aromatic carbocycles. The number of aliphatic carboxylic acids is 1. The lowest BCUT2D eigenvalue weighted by Crippen LogP contribution is -2.55. The van der Waals surface area contributed by atoms with Gasteiger partial charge in [0.25, 0.3) is 0 Å². The molecule has 2 atom stereocenters. The fourth-order valence-corrected chi connectivity index (χ4v) is 6.24. The van der Waals surface area contributed by atoms with Crippen molar-refractivity contribution in [1.29, 1.82) is 0 Å². The first-order valence-corrected chi connectivity index (χ1v) is 13.4. The molecule has 10 heteroatoms. The average molecular weight is 544 g/mol. The van der Waals surface area contributed by atoms with E-state index in [9.17, 15) is 18.7 Å². The van der Waals surface area contributed by atoms with Gasteiger partial charge in [-0.1, -0.05) is 30.2 Å². The number of aromatic amines is 1. The molecule has 0 bridgehead atoms. The van der Waals surface area contributed by atoms with E-state index in [4.69, 9.17) is 11.6 Å². The Morgan fingerprint density at radius 1 is 1.24 bits per heavy atom. The maximum atomic E-state index is 15.0. The van der Waals surface area contributed by atoms with Crippen molar-refractivity contribution >= 4 is 29.2 Å². The Morgan fingerprint density at radius 2 is 2.03 bits per heavy atom. The lowest BCUT2D eigenvalue weighted by atomic mass is 9.63. The van der Waals surface area contributed by atoms with Gasteiger partial charge in [0.1, 0.15) is 17.5 Å². The van der Waals surface area contributed by atoms with Crippen LogP contribution in [0.15, 0.2) is 36.4 Å². The minimum atomic E-state index is -1.15. The zero-order valence-corrected chi connectivity index (χ0v) is 22.3. The van der Waals surface area contributed by atoms with E-state index >= 15 is 0 Å². The van der Waals surface area contributed by atoms with Gasteiger partial charge in [-0.25, -0.2) is 13.8 Å². The van der Waals surface area contributed by atoms with Crippen LogP contribution in [-0.4, -0.2) is 50.3 Å². The maximum Gasteiger partial charge on any atom is 0.310 e. The highest BCUT2D eigenvalue weighted by Crippen LogP contribution is 2.48. The monoisotopic (exact) mass is 543 g/mol. The molecular formula is C28H32ClF2N5O2. The molecule has 2 fully saturated rings. The molecule has 2 aliphatic rings. The summed E-state index contributed by atoms with van der Waals surface area (Å²) in [6.07, 6.45) is 3.41. The molecule has 0 amide bonds. The lowest BCUT2D eigenvalue weighted by molar-refractivity contribution is -0.153. The number of aryl methyl sites for hydroxylation is 1. The van der Waals surface area contributed by atoms with Crippen molar-refractivity contribution in [2.75, 3.05) is 18.4 Å². The van der Waals surface area contributed by atoms with Crippen LogP contribution in [-0.2, 0) is 16.6 Å². The molecule has 1 aliphatic heterocycles. The smallest absolute Gasteiger partial charge is 0.310 e. The van der Waals surface area contributed by atoms with E-state index in [1.54, 1.807) is 18.2 Å². The Balaban J connectivity index is 1.33. The molecule has 7 nitrogen and oxygen atoms in total. The summed E-state index contributed by atoms with van der Waals surface area (Å²) in [5.74, 6) is -0.906. The predicted octanol–water partition coefficient (Wildman–Crippen LogP) is 6.01. The molecule has 0 spiro atoms. The highest BCUT2D eigenvalue weighted by atomic mass is 35.5. The molecule has 3 heterocycles. The number of likely N-dealkylation sites (tertiary alicyclic amines) is 1. The predicted molar refractivity (Wildman–Crippen MR) is 142 cm³/mol. The summed E-state index contributed by atoms with van der Waals surface area (Å²) in [5, 5.41) is 20.4. The molecule has 3 N–H and O–H groups in total. The van der Waals surface area contributed by atoms with Crippen molar-refractivity contribution in [2.24, 2.45) is 5.41 Å². The number of carboxylic acid groups (broad SMARTS) is 1. The summed E-state index contributed by atoms with van der Waals surface area (Å²) in [5.41, 5.74) is 0.134. The molecule has 1 aliphatic carbocycles. The molecule has 5 rings (SSSR count). The summed E-state index contributed by atoms with van der Waals surface area (Å²) in [6.45, 7) is 5.02. The molecular weight excluding hydrogens is 512 g/mol. The van der Waals surface area contributed by atoms with Gasteiger partial charge in [0.15, 0.2) is 5.82 Å². The van der Waals surface area contributed by atoms with Crippen LogP contribution >= 0.6 is 11.6 Å². The molecule has 202 valence electrons. The molecule has 1 unspecified atom stereocenters. The summed E-state index contributed by atoms with van der Waals surface area (Å²) in [6, 6.07) is 9.68. The maximum absolute atomic E-state index is 15.0. The first-order valence-electron chi connectivity index (χ1n) is 13.0. The summed E-state index contributed by atoms with van der Waals surface area (Å²) < 4.78 is 29.8. The van der Waals surface area contributed by atoms with Crippen LogP contribution in [0.5, 0.6) is 0 Å². The molecule has 3 aromatic rings. The Hall–Kier alpha value is -3.04. The van der Waals surface area contributed by atoms with E-state index in [0.29, 0.717) is 43.1 Å². The number of H-pyrrole nitrogens is 1. The van der Waals surface area contributed by atoms with Gasteiger partial charge in [-0.05, 0) is 69.8 Å². The second kappa shape index (κ2) is 10.3. The summed E-state index contributed by atoms with van der Waals surface area (Å²) in [7, 11) is 0. The number of nitrogens with one attached hydrogen (secondary N) is 2. The van der Waals surface area contributed by atoms with E-state index in [2.05, 4.69) is 25.4 Å². The Kier molecular flexibility index (Phi) is 7.17. The van der Waals surface area contributed by atoms with Crippen LogP contribution in [0.4, 0.5) is 20.4 Å². The largest absolute Gasteiger partial charge is 0.481 e. The quantitative estimate of drug-likeness (QED) is 0.322. The number of hydrogen-bond donors (Lipinski definition) is 3. The van der Waals surface area contributed by atoms with Gasteiger partial charge < -0.3 is 10.4 Å². The first kappa shape index (κ1) is 26.6. The standard InChI is InChI=1S/C28H32ClF2N5O2/c1-17-13-24(35-34-17)33-23-8-7-21(30)22(32-23)15-28(26(37)38)11-12-36(18(2)14-28)16-27(9-4-10-27)19-5-3-6-20(29)25(19)31/h3,5-8,13,18H,4,9-12,14-16H2,1-2H3,(H,37,38)(H2,32,33,34,35)/t18-,28?/m1/s1. The number of hydrogen-bond acceptors (Lipinski definition) is 5. The number of pyridine rings is 1. The average Bonchev–Trinajstić information content (AvgIpc) is 3.26. The first-order chi connectivity index (χ1) is 18.1. The van der Waals surface area contributed by atoms with Crippen molar-refractivity contribution in [3.63, 3.8) is 0 Å². The fraction of sp³-hybridized carbons (Fsp3) is 0.464. The van der Waals surface area contributed by atoms with Gasteiger partial charge in [-0.3, -0.25) is 14.8 Å². The Bertz CT molecular complexity index is 1340. The van der Waals surface area contributed by atoms with Crippen LogP contribution in [0, 0.1) is 24.0 Å². The van der Waals surface area contributed by atoms with Gasteiger partial charge in [0.05, 0.1) is 16.1 Å². The number of benzene rings is 1. The second-order valence-electron chi connectivity index (χ2n) is 11.0. The second-order valence-corrected chi connectivity index (χ2v) is 11.4. The summed E-state index contributed by atoms with van der Waals surface area (Å²) in [4.78, 5) is 19.3. The minimum Gasteiger partial charge on any atom is -0.481 e. The third kappa shape index (κ3) is 5.01. The van der Waals surface area contributed by atoms with Crippen LogP contribution in [0.25, 0.3) is 0 Å². The van der Waals surface area contributed by atoms with Gasteiger partial charge in [0, 0.05) is 36.2 Å². The normalized spacial score (nSPS) is 23.1. The molecule has 1 saturated carbocycles. The van der Waals surface area contributed by atoms with Crippen LogP contribution in [0.1, 0.15) is 56.0 Å². The van der Waals surface area contributed by atoms with Crippen molar-refractivity contribution in [1.82, 2.24) is 20.1 Å². The van der Waals surface area contributed by atoms with E-state index in [1.165, 1.54) is 12.1 Å². The van der Waals surface area contributed by atoms with Gasteiger partial charge >= 0.3 is 5.97 Å². The molecule has 38 heavy (non-hydrogen) atoms. The number of halogens is 3. The van der Waals surface area contributed by atoms with E-state index in [0.717, 1.165) is 25.0 Å². The number of nitrogens with zero attached hydrogens (tertiary/aromatic N) is 3. The van der Waals surface area contributed by atoms with Crippen LogP contribution in [0.3, 0.4) is 0 Å². The Morgan fingerprint density at radius 3 is 2.66 bits per heavy atom. The van der Waals surface area contributed by atoms with Gasteiger partial charge in [-0.15, -0.1) is 0 Å². The topological polar surface area (TPSA) is 94.1 Å². The van der Waals surface area contributed by atoms with Crippen LogP contribution in [0.2, 0.25) is 5.02 Å². The van der Waals surface area contributed by atoms with Crippen molar-refractivity contribution < 1.29 is 18.7 Å². The number of carbonyl (C=O) groups is 1. The highest BCUT2D eigenvalue weighted by molar-refractivity contribution is 6.30. The zero-order valence-electron chi connectivity index (χ0n) is 21.5. The highest BCUT2D eigenvalue weighted by Gasteiger charge is 2.48. The lowest BCUT2D eigenvalue weighted by Gasteiger charge is -2.50.